The molecule has 2 aromatic rings. The smallest absolute Gasteiger partial charge is 0.202 e. The summed E-state index contributed by atoms with van der Waals surface area (Å²) < 4.78 is 22.8. The van der Waals surface area contributed by atoms with Gasteiger partial charge in [0.2, 0.25) is 5.78 Å². The number of carbonyl (C=O) groups is 3. The van der Waals surface area contributed by atoms with Gasteiger partial charge in [0.1, 0.15) is 22.8 Å². The predicted molar refractivity (Wildman–Crippen MR) is 140 cm³/mol. The highest BCUT2D eigenvalue weighted by molar-refractivity contribution is 6.31. The Morgan fingerprint density at radius 2 is 1.85 bits per heavy atom. The van der Waals surface area contributed by atoms with Crippen molar-refractivity contribution in [2.75, 3.05) is 14.2 Å². The summed E-state index contributed by atoms with van der Waals surface area (Å²) in [6, 6.07) is 3.74. The number of aromatic hydroxyl groups is 2. The van der Waals surface area contributed by atoms with Crippen LogP contribution in [0.2, 0.25) is 0 Å². The molecule has 0 saturated carbocycles. The molecule has 3 N–H and O–H groups in total. The Bertz CT molecular complexity index is 1520. The van der Waals surface area contributed by atoms with Crippen LogP contribution in [0.15, 0.2) is 23.3 Å². The molecule has 6 atom stereocenters. The summed E-state index contributed by atoms with van der Waals surface area (Å²) in [5.74, 6) is -3.26. The maximum Gasteiger partial charge on any atom is 0.202 e. The molecule has 2 aromatic carbocycles. The first kappa shape index (κ1) is 28.5. The summed E-state index contributed by atoms with van der Waals surface area (Å²) in [6.07, 6.45) is -4.22. The average molecular weight is 568 g/mol. The standard InChI is InChI=1S/C28H29N3O10/c1-11-27(39-4)15(30-31-29)8-18(40-11)41-17-10-28(37,12(2)32)9-14-20(17)26(36)22-21(24(14)34)23(33)13-6-5-7-16(38-3)19(13)25(22)35/h5-7,11,15,17-18,27,34,36-37H,8-10H2,1-4H3/t11?,15?,17?,18?,27?,28-/m0/s1. The molecule has 3 aliphatic rings. The number of fused-ring (bicyclic) bond motifs is 3. The first-order chi connectivity index (χ1) is 19.5. The van der Waals surface area contributed by atoms with Crippen LogP contribution in [0.1, 0.15) is 75.8 Å². The van der Waals surface area contributed by atoms with Gasteiger partial charge in [-0.25, -0.2) is 0 Å². The van der Waals surface area contributed by atoms with E-state index in [-0.39, 0.29) is 40.8 Å². The van der Waals surface area contributed by atoms with Crippen LogP contribution in [-0.4, -0.2) is 77.0 Å². The normalized spacial score (nSPS) is 28.7. The number of hydrogen-bond donors (Lipinski definition) is 3. The number of Topliss-reactive ketones (excluding diaryl/α,β-unsaturated/α-hetero) is 1. The Balaban J connectivity index is 1.65. The molecule has 0 aromatic heterocycles. The molecule has 13 heteroatoms. The van der Waals surface area contributed by atoms with Gasteiger partial charge in [-0.15, -0.1) is 0 Å². The Morgan fingerprint density at radius 3 is 2.49 bits per heavy atom. The van der Waals surface area contributed by atoms with Crippen LogP contribution in [0.5, 0.6) is 17.2 Å². The minimum Gasteiger partial charge on any atom is -0.507 e. The number of methoxy groups -OCH3 is 2. The molecule has 1 aliphatic heterocycles. The van der Waals surface area contributed by atoms with Gasteiger partial charge in [-0.2, -0.15) is 0 Å². The first-order valence-corrected chi connectivity index (χ1v) is 13.0. The minimum atomic E-state index is -2.03. The molecule has 1 saturated heterocycles. The highest BCUT2D eigenvalue weighted by atomic mass is 16.7. The topological polar surface area (TPSA) is 198 Å². The molecule has 5 unspecified atom stereocenters. The molecule has 0 amide bonds. The highest BCUT2D eigenvalue weighted by Gasteiger charge is 2.49. The van der Waals surface area contributed by atoms with Crippen molar-refractivity contribution in [3.63, 3.8) is 0 Å². The molecular weight excluding hydrogens is 538 g/mol. The fourth-order valence-corrected chi connectivity index (χ4v) is 6.12. The second-order valence-electron chi connectivity index (χ2n) is 10.5. The van der Waals surface area contributed by atoms with Crippen LogP contribution in [0.3, 0.4) is 0 Å². The first-order valence-electron chi connectivity index (χ1n) is 13.0. The summed E-state index contributed by atoms with van der Waals surface area (Å²) in [5, 5.41) is 38.1. The van der Waals surface area contributed by atoms with Crippen molar-refractivity contribution in [2.24, 2.45) is 5.11 Å². The van der Waals surface area contributed by atoms with Crippen molar-refractivity contribution >= 4 is 17.3 Å². The number of ether oxygens (including phenoxy) is 4. The second-order valence-corrected chi connectivity index (χ2v) is 10.5. The lowest BCUT2D eigenvalue weighted by atomic mass is 9.72. The molecule has 216 valence electrons. The molecular formula is C28H29N3O10. The number of azide groups is 1. The third kappa shape index (κ3) is 4.42. The molecule has 0 bridgehead atoms. The van der Waals surface area contributed by atoms with Crippen LogP contribution in [0.25, 0.3) is 10.4 Å². The van der Waals surface area contributed by atoms with Crippen molar-refractivity contribution < 1.29 is 48.7 Å². The van der Waals surface area contributed by atoms with Gasteiger partial charge in [-0.3, -0.25) is 14.4 Å². The van der Waals surface area contributed by atoms with Gasteiger partial charge in [0.25, 0.3) is 0 Å². The fraction of sp³-hybridized carbons (Fsp3) is 0.464. The highest BCUT2D eigenvalue weighted by Crippen LogP contribution is 2.52. The molecule has 5 rings (SSSR count). The molecule has 1 fully saturated rings. The quantitative estimate of drug-likeness (QED) is 0.172. The van der Waals surface area contributed by atoms with Crippen molar-refractivity contribution in [3.05, 3.63) is 62.0 Å². The lowest BCUT2D eigenvalue weighted by Crippen LogP contribution is -2.49. The van der Waals surface area contributed by atoms with Gasteiger partial charge in [0, 0.05) is 48.0 Å². The number of phenolic OH excluding ortho intramolecular Hbond substituents is 2. The van der Waals surface area contributed by atoms with E-state index < -0.39 is 82.6 Å². The van der Waals surface area contributed by atoms with E-state index in [1.165, 1.54) is 39.3 Å². The summed E-state index contributed by atoms with van der Waals surface area (Å²) in [6.45, 7) is 2.87. The van der Waals surface area contributed by atoms with Gasteiger partial charge >= 0.3 is 0 Å². The number of phenols is 2. The lowest BCUT2D eigenvalue weighted by Gasteiger charge is -2.42. The number of aliphatic hydroxyl groups is 1. The van der Waals surface area contributed by atoms with Crippen molar-refractivity contribution in [2.45, 2.75) is 69.4 Å². The van der Waals surface area contributed by atoms with E-state index in [0.717, 1.165) is 0 Å². The summed E-state index contributed by atoms with van der Waals surface area (Å²) in [4.78, 5) is 42.7. The van der Waals surface area contributed by atoms with Gasteiger partial charge in [0.15, 0.2) is 17.9 Å². The van der Waals surface area contributed by atoms with E-state index in [2.05, 4.69) is 10.0 Å². The Kier molecular flexibility index (Phi) is 7.26. The number of hydrogen-bond acceptors (Lipinski definition) is 11. The van der Waals surface area contributed by atoms with Gasteiger partial charge in [-0.05, 0) is 25.4 Å². The van der Waals surface area contributed by atoms with Crippen LogP contribution in [0, 0.1) is 0 Å². The zero-order chi connectivity index (χ0) is 29.8. The molecule has 1 heterocycles. The summed E-state index contributed by atoms with van der Waals surface area (Å²) in [5.41, 5.74) is 5.88. The molecule has 41 heavy (non-hydrogen) atoms. The second kappa shape index (κ2) is 10.4. The number of rotatable bonds is 6. The minimum absolute atomic E-state index is 0.0247. The lowest BCUT2D eigenvalue weighted by molar-refractivity contribution is -0.250. The molecule has 0 spiro atoms. The fourth-order valence-electron chi connectivity index (χ4n) is 6.12. The Hall–Kier alpha value is -4.00. The summed E-state index contributed by atoms with van der Waals surface area (Å²) in [7, 11) is 2.79. The van der Waals surface area contributed by atoms with Crippen LogP contribution in [0.4, 0.5) is 0 Å². The molecule has 2 aliphatic carbocycles. The van der Waals surface area contributed by atoms with E-state index >= 15 is 0 Å². The number of nitrogens with zero attached hydrogens (tertiary/aromatic N) is 3. The monoisotopic (exact) mass is 567 g/mol. The van der Waals surface area contributed by atoms with E-state index in [0.29, 0.717) is 0 Å². The van der Waals surface area contributed by atoms with Gasteiger partial charge in [-0.1, -0.05) is 17.2 Å². The van der Waals surface area contributed by atoms with Gasteiger partial charge in [0.05, 0.1) is 48.2 Å². The summed E-state index contributed by atoms with van der Waals surface area (Å²) >= 11 is 0. The van der Waals surface area contributed by atoms with Gasteiger partial charge < -0.3 is 34.3 Å². The zero-order valence-corrected chi connectivity index (χ0v) is 22.8. The number of benzene rings is 2. The SMILES string of the molecule is COc1cccc2c1C(=O)c1c(O)c3c(c(O)c1C2=O)C[C@@](O)(C(C)=O)CC3OC1CC(N=[N+]=[N-])C(OC)C(C)O1. The molecule has 0 radical (unpaired) electrons. The predicted octanol–water partition coefficient (Wildman–Crippen LogP) is 3.03. The van der Waals surface area contributed by atoms with E-state index in [4.69, 9.17) is 24.5 Å². The van der Waals surface area contributed by atoms with E-state index in [9.17, 15) is 29.7 Å². The van der Waals surface area contributed by atoms with E-state index in [1.807, 2.05) is 0 Å². The number of carbonyl (C=O) groups excluding carboxylic acids is 3. The molecule has 13 nitrogen and oxygen atoms in total. The average Bonchev–Trinajstić information content (AvgIpc) is 2.93. The Morgan fingerprint density at radius 1 is 1.15 bits per heavy atom. The van der Waals surface area contributed by atoms with Crippen molar-refractivity contribution in [1.29, 1.82) is 0 Å². The van der Waals surface area contributed by atoms with Crippen LogP contribution < -0.4 is 4.74 Å². The van der Waals surface area contributed by atoms with Crippen LogP contribution in [-0.2, 0) is 25.4 Å². The van der Waals surface area contributed by atoms with Crippen molar-refractivity contribution in [3.8, 4) is 17.2 Å². The number of ketones is 3. The Labute approximate surface area is 234 Å². The third-order valence-electron chi connectivity index (χ3n) is 8.16. The van der Waals surface area contributed by atoms with Crippen LogP contribution >= 0.6 is 0 Å². The third-order valence-corrected chi connectivity index (χ3v) is 8.16. The maximum atomic E-state index is 13.7. The largest absolute Gasteiger partial charge is 0.507 e. The van der Waals surface area contributed by atoms with Crippen molar-refractivity contribution in [1.82, 2.24) is 0 Å². The maximum absolute atomic E-state index is 13.7. The zero-order valence-electron chi connectivity index (χ0n) is 22.8. The van der Waals surface area contributed by atoms with E-state index in [1.54, 1.807) is 6.92 Å².